The van der Waals surface area contributed by atoms with Crippen LogP contribution in [0.2, 0.25) is 0 Å². The summed E-state index contributed by atoms with van der Waals surface area (Å²) in [5.74, 6) is -2.21. The number of nitrogens with one attached hydrogen (secondary N) is 2. The number of halogens is 1. The monoisotopic (exact) mass is 281 g/mol. The summed E-state index contributed by atoms with van der Waals surface area (Å²) in [5.41, 5.74) is 0.582. The van der Waals surface area contributed by atoms with E-state index >= 15 is 0 Å². The number of carbonyl (C=O) groups is 2. The lowest BCUT2D eigenvalue weighted by Crippen LogP contribution is -2.44. The van der Waals surface area contributed by atoms with Crippen LogP contribution in [0.15, 0.2) is 29.1 Å². The Balaban J connectivity index is 2.20. The number of carboxylic acid groups (broad SMARTS) is 1. The molecule has 0 fully saturated rings. The van der Waals surface area contributed by atoms with Crippen molar-refractivity contribution in [3.05, 3.63) is 34.7 Å². The zero-order chi connectivity index (χ0) is 14.7. The number of alkyl halides is 1. The molecule has 0 bridgehead atoms. The van der Waals surface area contributed by atoms with E-state index < -0.39 is 30.3 Å². The van der Waals surface area contributed by atoms with Gasteiger partial charge in [0.05, 0.1) is 11.0 Å². The molecular weight excluding hydrogens is 269 g/mol. The van der Waals surface area contributed by atoms with Gasteiger partial charge in [0.15, 0.2) is 6.04 Å². The molecule has 1 aromatic carbocycles. The fourth-order valence-electron chi connectivity index (χ4n) is 1.81. The molecule has 0 radical (unpaired) electrons. The highest BCUT2D eigenvalue weighted by molar-refractivity contribution is 5.85. The van der Waals surface area contributed by atoms with E-state index in [0.29, 0.717) is 11.0 Å². The molecule has 3 N–H and O–H groups in total. The molecule has 0 aliphatic heterocycles. The number of nitrogens with zero attached hydrogens (tertiary/aromatic N) is 1. The molecule has 2 aromatic rings. The van der Waals surface area contributed by atoms with Crippen LogP contribution in [0.1, 0.15) is 0 Å². The maximum Gasteiger partial charge on any atom is 0.328 e. The zero-order valence-corrected chi connectivity index (χ0v) is 10.3. The van der Waals surface area contributed by atoms with E-state index in [9.17, 15) is 18.8 Å². The first-order valence-corrected chi connectivity index (χ1v) is 5.78. The molecular formula is C12H12FN3O4. The molecule has 1 heterocycles. The number of carboxylic acids is 1. The van der Waals surface area contributed by atoms with E-state index in [2.05, 4.69) is 4.98 Å². The molecule has 0 saturated heterocycles. The van der Waals surface area contributed by atoms with Crippen molar-refractivity contribution in [1.82, 2.24) is 14.9 Å². The fourth-order valence-corrected chi connectivity index (χ4v) is 1.81. The third-order valence-electron chi connectivity index (χ3n) is 2.77. The van der Waals surface area contributed by atoms with E-state index in [0.717, 1.165) is 4.57 Å². The van der Waals surface area contributed by atoms with Gasteiger partial charge in [-0.25, -0.2) is 14.0 Å². The standard InChI is InChI=1S/C12H12FN3O4/c13-5-8(11(18)19)14-10(17)6-16-9-4-2-1-3-7(9)15-12(16)20/h1-4,8H,5-6H2,(H,14,17)(H,15,20)(H,18,19). The number of H-pyrrole nitrogens is 1. The number of benzene rings is 1. The highest BCUT2D eigenvalue weighted by atomic mass is 19.1. The van der Waals surface area contributed by atoms with Gasteiger partial charge in [-0.3, -0.25) is 9.36 Å². The van der Waals surface area contributed by atoms with Gasteiger partial charge in [0, 0.05) is 0 Å². The lowest BCUT2D eigenvalue weighted by Gasteiger charge is -2.11. The molecule has 1 amide bonds. The Labute approximate surface area is 112 Å². The summed E-state index contributed by atoms with van der Waals surface area (Å²) in [6, 6.07) is 5.14. The first kappa shape index (κ1) is 13.8. The quantitative estimate of drug-likeness (QED) is 0.710. The number of hydrogen-bond acceptors (Lipinski definition) is 3. The summed E-state index contributed by atoms with van der Waals surface area (Å²) in [6.07, 6.45) is 0. The van der Waals surface area contributed by atoms with Crippen molar-refractivity contribution >= 4 is 22.9 Å². The van der Waals surface area contributed by atoms with Crippen molar-refractivity contribution < 1.29 is 19.1 Å². The highest BCUT2D eigenvalue weighted by Gasteiger charge is 2.20. The smallest absolute Gasteiger partial charge is 0.328 e. The second kappa shape index (κ2) is 5.55. The summed E-state index contributed by atoms with van der Waals surface area (Å²) in [5, 5.41) is 10.7. The molecule has 106 valence electrons. The molecule has 1 aromatic heterocycles. The van der Waals surface area contributed by atoms with Gasteiger partial charge in [0.25, 0.3) is 0 Å². The van der Waals surface area contributed by atoms with Gasteiger partial charge in [0.1, 0.15) is 13.2 Å². The molecule has 0 aliphatic rings. The Bertz CT molecular complexity index is 706. The molecule has 0 spiro atoms. The minimum absolute atomic E-state index is 0.382. The first-order valence-electron chi connectivity index (χ1n) is 5.78. The lowest BCUT2D eigenvalue weighted by atomic mass is 10.3. The van der Waals surface area contributed by atoms with Gasteiger partial charge in [-0.15, -0.1) is 0 Å². The topological polar surface area (TPSA) is 104 Å². The molecule has 0 aliphatic carbocycles. The third kappa shape index (κ3) is 2.68. The lowest BCUT2D eigenvalue weighted by molar-refractivity contribution is -0.142. The molecule has 2 rings (SSSR count). The van der Waals surface area contributed by atoms with Crippen molar-refractivity contribution in [2.45, 2.75) is 12.6 Å². The van der Waals surface area contributed by atoms with Crippen molar-refractivity contribution in [1.29, 1.82) is 0 Å². The number of rotatable bonds is 5. The number of hydrogen-bond donors (Lipinski definition) is 3. The van der Waals surface area contributed by atoms with Gasteiger partial charge in [0.2, 0.25) is 5.91 Å². The minimum Gasteiger partial charge on any atom is -0.480 e. The van der Waals surface area contributed by atoms with Gasteiger partial charge in [-0.2, -0.15) is 0 Å². The van der Waals surface area contributed by atoms with E-state index in [1.165, 1.54) is 0 Å². The summed E-state index contributed by atoms with van der Waals surface area (Å²) in [6.45, 7) is -1.60. The average Bonchev–Trinajstić information content (AvgIpc) is 2.72. The Morgan fingerprint density at radius 2 is 2.10 bits per heavy atom. The van der Waals surface area contributed by atoms with Crippen LogP contribution in [0.5, 0.6) is 0 Å². The second-order valence-electron chi connectivity index (χ2n) is 4.15. The molecule has 8 heteroatoms. The maximum absolute atomic E-state index is 12.4. The zero-order valence-electron chi connectivity index (χ0n) is 10.3. The number of fused-ring (bicyclic) bond motifs is 1. The minimum atomic E-state index is -1.61. The number of carbonyl (C=O) groups excluding carboxylic acids is 1. The highest BCUT2D eigenvalue weighted by Crippen LogP contribution is 2.08. The number of para-hydroxylation sites is 2. The van der Waals surface area contributed by atoms with Gasteiger partial charge >= 0.3 is 11.7 Å². The maximum atomic E-state index is 12.4. The van der Waals surface area contributed by atoms with Crippen molar-refractivity contribution in [3.63, 3.8) is 0 Å². The predicted octanol–water partition coefficient (Wildman–Crippen LogP) is -0.132. The van der Waals surface area contributed by atoms with Crippen molar-refractivity contribution in [2.75, 3.05) is 6.67 Å². The Hall–Kier alpha value is -2.64. The third-order valence-corrected chi connectivity index (χ3v) is 2.77. The Kier molecular flexibility index (Phi) is 3.83. The largest absolute Gasteiger partial charge is 0.480 e. The second-order valence-corrected chi connectivity index (χ2v) is 4.15. The van der Waals surface area contributed by atoms with Crippen LogP contribution in [0.3, 0.4) is 0 Å². The van der Waals surface area contributed by atoms with E-state index in [4.69, 9.17) is 5.11 Å². The van der Waals surface area contributed by atoms with E-state index in [1.807, 2.05) is 5.32 Å². The average molecular weight is 281 g/mol. The summed E-state index contributed by atoms with van der Waals surface area (Å²) in [4.78, 5) is 36.5. The molecule has 1 atom stereocenters. The summed E-state index contributed by atoms with van der Waals surface area (Å²) < 4.78 is 13.6. The van der Waals surface area contributed by atoms with E-state index in [1.54, 1.807) is 24.3 Å². The molecule has 1 unspecified atom stereocenters. The fraction of sp³-hybridized carbons (Fsp3) is 0.250. The van der Waals surface area contributed by atoms with Crippen molar-refractivity contribution in [2.24, 2.45) is 0 Å². The molecule has 20 heavy (non-hydrogen) atoms. The summed E-state index contributed by atoms with van der Waals surface area (Å²) in [7, 11) is 0. The van der Waals surface area contributed by atoms with Gasteiger partial charge in [-0.1, -0.05) is 12.1 Å². The Morgan fingerprint density at radius 1 is 1.40 bits per heavy atom. The van der Waals surface area contributed by atoms with Gasteiger partial charge in [-0.05, 0) is 12.1 Å². The number of aromatic amines is 1. The number of aromatic nitrogens is 2. The number of aliphatic carboxylic acids is 1. The first-order chi connectivity index (χ1) is 9.52. The van der Waals surface area contributed by atoms with Crippen LogP contribution in [-0.2, 0) is 16.1 Å². The molecule has 7 nitrogen and oxygen atoms in total. The number of imidazole rings is 1. The van der Waals surface area contributed by atoms with Crippen LogP contribution < -0.4 is 11.0 Å². The van der Waals surface area contributed by atoms with Crippen LogP contribution >= 0.6 is 0 Å². The SMILES string of the molecule is O=C(Cn1c(=O)[nH]c2ccccc21)NC(CF)C(=O)O. The molecule has 0 saturated carbocycles. The van der Waals surface area contributed by atoms with Crippen molar-refractivity contribution in [3.8, 4) is 0 Å². The predicted molar refractivity (Wildman–Crippen MR) is 68.1 cm³/mol. The number of amides is 1. The van der Waals surface area contributed by atoms with E-state index in [-0.39, 0.29) is 6.54 Å². The van der Waals surface area contributed by atoms with Crippen LogP contribution in [-0.4, -0.2) is 39.3 Å². The van der Waals surface area contributed by atoms with Crippen LogP contribution in [0.25, 0.3) is 11.0 Å². The Morgan fingerprint density at radius 3 is 2.75 bits per heavy atom. The van der Waals surface area contributed by atoms with Crippen LogP contribution in [0.4, 0.5) is 4.39 Å². The van der Waals surface area contributed by atoms with Crippen LogP contribution in [0, 0.1) is 0 Å². The van der Waals surface area contributed by atoms with Gasteiger partial charge < -0.3 is 15.4 Å². The summed E-state index contributed by atoms with van der Waals surface area (Å²) >= 11 is 0. The normalized spacial score (nSPS) is 12.2.